The quantitative estimate of drug-likeness (QED) is 0.615. The lowest BCUT2D eigenvalue weighted by atomic mass is 10.2. The third kappa shape index (κ3) is 5.27. The average molecular weight is 185 g/mol. The van der Waals surface area contributed by atoms with E-state index >= 15 is 0 Å². The predicted molar refractivity (Wildman–Crippen MR) is 56.0 cm³/mol. The standard InChI is InChI=1S/C11H23NO/c1-2-3-9-13-10-8-12-11-6-4-5-7-11/h11-12H,2-10H2,1H3. The third-order valence-corrected chi connectivity index (χ3v) is 2.68. The van der Waals surface area contributed by atoms with E-state index in [0.29, 0.717) is 0 Å². The molecule has 78 valence electrons. The number of unbranched alkanes of at least 4 members (excludes halogenated alkanes) is 1. The van der Waals surface area contributed by atoms with Crippen LogP contribution >= 0.6 is 0 Å². The molecule has 1 fully saturated rings. The summed E-state index contributed by atoms with van der Waals surface area (Å²) >= 11 is 0. The smallest absolute Gasteiger partial charge is 0.0590 e. The van der Waals surface area contributed by atoms with Gasteiger partial charge in [-0.1, -0.05) is 26.2 Å². The predicted octanol–water partition coefficient (Wildman–Crippen LogP) is 2.34. The highest BCUT2D eigenvalue weighted by Gasteiger charge is 2.12. The van der Waals surface area contributed by atoms with Crippen molar-refractivity contribution in [3.63, 3.8) is 0 Å². The van der Waals surface area contributed by atoms with Crippen LogP contribution in [0.3, 0.4) is 0 Å². The van der Waals surface area contributed by atoms with Crippen LogP contribution in [0.4, 0.5) is 0 Å². The van der Waals surface area contributed by atoms with E-state index in [-0.39, 0.29) is 0 Å². The molecule has 0 aromatic carbocycles. The van der Waals surface area contributed by atoms with Gasteiger partial charge in [-0.15, -0.1) is 0 Å². The fourth-order valence-corrected chi connectivity index (χ4v) is 1.81. The van der Waals surface area contributed by atoms with Crippen LogP contribution in [0, 0.1) is 0 Å². The first kappa shape index (κ1) is 11.0. The fourth-order valence-electron chi connectivity index (χ4n) is 1.81. The molecule has 13 heavy (non-hydrogen) atoms. The van der Waals surface area contributed by atoms with Gasteiger partial charge in [-0.25, -0.2) is 0 Å². The zero-order valence-corrected chi connectivity index (χ0v) is 8.85. The van der Waals surface area contributed by atoms with E-state index in [1.54, 1.807) is 0 Å². The van der Waals surface area contributed by atoms with Gasteiger partial charge in [0.15, 0.2) is 0 Å². The van der Waals surface area contributed by atoms with Gasteiger partial charge < -0.3 is 10.1 Å². The Balaban J connectivity index is 1.78. The van der Waals surface area contributed by atoms with Crippen LogP contribution in [-0.4, -0.2) is 25.8 Å². The second-order valence-corrected chi connectivity index (χ2v) is 3.90. The summed E-state index contributed by atoms with van der Waals surface area (Å²) in [6, 6.07) is 0.787. The zero-order chi connectivity index (χ0) is 9.36. The highest BCUT2D eigenvalue weighted by atomic mass is 16.5. The first-order valence-corrected chi connectivity index (χ1v) is 5.74. The summed E-state index contributed by atoms with van der Waals surface area (Å²) in [6.07, 6.45) is 7.99. The Kier molecular flexibility index (Phi) is 6.21. The Morgan fingerprint density at radius 3 is 2.69 bits per heavy atom. The van der Waals surface area contributed by atoms with Gasteiger partial charge in [-0.2, -0.15) is 0 Å². The van der Waals surface area contributed by atoms with Crippen LogP contribution in [0.1, 0.15) is 45.4 Å². The molecule has 0 saturated heterocycles. The van der Waals surface area contributed by atoms with Crippen molar-refractivity contribution in [1.29, 1.82) is 0 Å². The molecule has 1 aliphatic carbocycles. The molecule has 1 N–H and O–H groups in total. The van der Waals surface area contributed by atoms with Gasteiger partial charge in [-0.3, -0.25) is 0 Å². The van der Waals surface area contributed by atoms with Crippen LogP contribution in [0.2, 0.25) is 0 Å². The number of hydrogen-bond acceptors (Lipinski definition) is 2. The van der Waals surface area contributed by atoms with E-state index < -0.39 is 0 Å². The Labute approximate surface area is 82.0 Å². The molecule has 0 aliphatic heterocycles. The number of ether oxygens (including phenoxy) is 1. The molecule has 0 bridgehead atoms. The number of nitrogens with one attached hydrogen (secondary N) is 1. The lowest BCUT2D eigenvalue weighted by Gasteiger charge is -2.11. The largest absolute Gasteiger partial charge is 0.380 e. The summed E-state index contributed by atoms with van der Waals surface area (Å²) in [5.41, 5.74) is 0. The van der Waals surface area contributed by atoms with Crippen molar-refractivity contribution in [1.82, 2.24) is 5.32 Å². The lowest BCUT2D eigenvalue weighted by molar-refractivity contribution is 0.131. The van der Waals surface area contributed by atoms with Crippen LogP contribution in [0.5, 0.6) is 0 Å². The van der Waals surface area contributed by atoms with Crippen molar-refractivity contribution in [2.75, 3.05) is 19.8 Å². The summed E-state index contributed by atoms with van der Waals surface area (Å²) in [7, 11) is 0. The molecule has 2 nitrogen and oxygen atoms in total. The summed E-state index contributed by atoms with van der Waals surface area (Å²) in [6.45, 7) is 5.05. The summed E-state index contributed by atoms with van der Waals surface area (Å²) < 4.78 is 5.47. The third-order valence-electron chi connectivity index (χ3n) is 2.68. The zero-order valence-electron chi connectivity index (χ0n) is 8.85. The van der Waals surface area contributed by atoms with Crippen molar-refractivity contribution in [3.05, 3.63) is 0 Å². The minimum Gasteiger partial charge on any atom is -0.380 e. The van der Waals surface area contributed by atoms with Gasteiger partial charge >= 0.3 is 0 Å². The molecule has 1 rings (SSSR count). The van der Waals surface area contributed by atoms with E-state index in [2.05, 4.69) is 12.2 Å². The summed E-state index contributed by atoms with van der Waals surface area (Å²) in [5.74, 6) is 0. The Morgan fingerprint density at radius 2 is 2.00 bits per heavy atom. The van der Waals surface area contributed by atoms with Gasteiger partial charge in [0, 0.05) is 19.2 Å². The van der Waals surface area contributed by atoms with Crippen molar-refractivity contribution < 1.29 is 4.74 Å². The molecule has 0 amide bonds. The molecule has 0 unspecified atom stereocenters. The minimum atomic E-state index is 0.787. The van der Waals surface area contributed by atoms with Gasteiger partial charge in [0.05, 0.1) is 6.61 Å². The van der Waals surface area contributed by atoms with E-state index in [4.69, 9.17) is 4.74 Å². The van der Waals surface area contributed by atoms with Crippen LogP contribution in [0.15, 0.2) is 0 Å². The van der Waals surface area contributed by atoms with E-state index in [1.165, 1.54) is 38.5 Å². The minimum absolute atomic E-state index is 0.787. The van der Waals surface area contributed by atoms with Crippen molar-refractivity contribution >= 4 is 0 Å². The van der Waals surface area contributed by atoms with Gasteiger partial charge in [0.1, 0.15) is 0 Å². The fraction of sp³-hybridized carbons (Fsp3) is 1.00. The van der Waals surface area contributed by atoms with Crippen molar-refractivity contribution in [2.45, 2.75) is 51.5 Å². The van der Waals surface area contributed by atoms with Crippen LogP contribution in [-0.2, 0) is 4.74 Å². The first-order valence-electron chi connectivity index (χ1n) is 5.74. The molecule has 2 heteroatoms. The van der Waals surface area contributed by atoms with E-state index in [1.807, 2.05) is 0 Å². The number of hydrogen-bond donors (Lipinski definition) is 1. The lowest BCUT2D eigenvalue weighted by Crippen LogP contribution is -2.29. The molecule has 1 aliphatic rings. The Hall–Kier alpha value is -0.0800. The second kappa shape index (κ2) is 7.34. The second-order valence-electron chi connectivity index (χ2n) is 3.90. The topological polar surface area (TPSA) is 21.3 Å². The summed E-state index contributed by atoms with van der Waals surface area (Å²) in [5, 5.41) is 3.53. The number of rotatable bonds is 7. The molecule has 0 aromatic heterocycles. The van der Waals surface area contributed by atoms with Crippen LogP contribution in [0.25, 0.3) is 0 Å². The maximum Gasteiger partial charge on any atom is 0.0590 e. The first-order chi connectivity index (χ1) is 6.43. The average Bonchev–Trinajstić information content (AvgIpc) is 2.63. The van der Waals surface area contributed by atoms with E-state index in [9.17, 15) is 0 Å². The molecular formula is C11H23NO. The Morgan fingerprint density at radius 1 is 1.23 bits per heavy atom. The molecule has 0 heterocycles. The Bertz CT molecular complexity index is 111. The highest BCUT2D eigenvalue weighted by molar-refractivity contribution is 4.72. The van der Waals surface area contributed by atoms with Crippen molar-refractivity contribution in [2.24, 2.45) is 0 Å². The normalized spacial score (nSPS) is 18.2. The summed E-state index contributed by atoms with van der Waals surface area (Å²) in [4.78, 5) is 0. The maximum absolute atomic E-state index is 5.47. The van der Waals surface area contributed by atoms with Crippen molar-refractivity contribution in [3.8, 4) is 0 Å². The monoisotopic (exact) mass is 185 g/mol. The molecular weight excluding hydrogens is 162 g/mol. The van der Waals surface area contributed by atoms with Gasteiger partial charge in [-0.05, 0) is 19.3 Å². The molecule has 0 radical (unpaired) electrons. The molecule has 1 saturated carbocycles. The molecule has 0 spiro atoms. The highest BCUT2D eigenvalue weighted by Crippen LogP contribution is 2.17. The molecule has 0 aromatic rings. The van der Waals surface area contributed by atoms with Gasteiger partial charge in [0.2, 0.25) is 0 Å². The maximum atomic E-state index is 5.47. The van der Waals surface area contributed by atoms with E-state index in [0.717, 1.165) is 25.8 Å². The van der Waals surface area contributed by atoms with Gasteiger partial charge in [0.25, 0.3) is 0 Å². The van der Waals surface area contributed by atoms with Crippen LogP contribution < -0.4 is 5.32 Å². The SMILES string of the molecule is CCCCOCCNC1CCCC1. The molecule has 0 atom stereocenters.